The zero-order valence-corrected chi connectivity index (χ0v) is 27.5. The normalized spacial score (nSPS) is 11.7. The van der Waals surface area contributed by atoms with Gasteiger partial charge in [0.1, 0.15) is 0 Å². The van der Waals surface area contributed by atoms with Crippen LogP contribution < -0.4 is 0 Å². The van der Waals surface area contributed by atoms with Gasteiger partial charge < -0.3 is 0 Å². The Kier molecular flexibility index (Phi) is 38.8. The zero-order valence-electron chi connectivity index (χ0n) is 26.7. The van der Waals surface area contributed by atoms with Crippen molar-refractivity contribution >= 4 is 40.0 Å². The molecule has 40 heavy (non-hydrogen) atoms. The van der Waals surface area contributed by atoms with E-state index in [4.69, 9.17) is 8.37 Å². The van der Waals surface area contributed by atoms with Crippen molar-refractivity contribution in [3.8, 4) is 0 Å². The van der Waals surface area contributed by atoms with Gasteiger partial charge in [0.2, 0.25) is 0 Å². The van der Waals surface area contributed by atoms with Crippen molar-refractivity contribution in [3.63, 3.8) is 0 Å². The molecule has 0 rings (SSSR count). The Hall–Kier alpha value is 0.870. The number of rotatable bonds is 34. The summed E-state index contributed by atoms with van der Waals surface area (Å²) in [6, 6.07) is 0. The van der Waals surface area contributed by atoms with Crippen molar-refractivity contribution in [2.75, 3.05) is 13.2 Å². The molecule has 0 aliphatic heterocycles. The Balaban J connectivity index is 0. The second kappa shape index (κ2) is 36.1. The third-order valence-electron chi connectivity index (χ3n) is 7.95. The number of hydrogen-bond acceptors (Lipinski definition) is 4. The van der Waals surface area contributed by atoms with E-state index in [1.807, 2.05) is 0 Å². The van der Waals surface area contributed by atoms with Gasteiger partial charge in [-0.3, -0.25) is 0 Å². The van der Waals surface area contributed by atoms with E-state index < -0.39 is 10.4 Å². The summed E-state index contributed by atoms with van der Waals surface area (Å²) in [7, 11) is -3.82. The molecular weight excluding hydrogens is 527 g/mol. The van der Waals surface area contributed by atoms with Crippen LogP contribution >= 0.6 is 0 Å². The molecule has 0 bridgehead atoms. The van der Waals surface area contributed by atoms with Gasteiger partial charge >= 0.3 is 40.0 Å². The summed E-state index contributed by atoms with van der Waals surface area (Å²) in [6.45, 7) is 5.05. The van der Waals surface area contributed by atoms with E-state index >= 15 is 0 Å². The van der Waals surface area contributed by atoms with Gasteiger partial charge in [-0.15, -0.1) is 0 Å². The fourth-order valence-corrected chi connectivity index (χ4v) is 6.01. The molecule has 0 spiro atoms. The molecule has 0 aliphatic rings. The molecule has 0 aliphatic carbocycles. The molecule has 0 amide bonds. The molecule has 0 radical (unpaired) electrons. The van der Waals surface area contributed by atoms with Crippen LogP contribution in [0.25, 0.3) is 0 Å². The summed E-state index contributed by atoms with van der Waals surface area (Å²) in [5.74, 6) is 0. The van der Waals surface area contributed by atoms with Crippen LogP contribution in [0.1, 0.15) is 206 Å². The summed E-state index contributed by atoms with van der Waals surface area (Å²) in [5.41, 5.74) is 0. The van der Waals surface area contributed by atoms with Crippen LogP contribution in [0.2, 0.25) is 0 Å². The number of hydrogen-bond donors (Lipinski definition) is 0. The van der Waals surface area contributed by atoms with E-state index in [1.54, 1.807) is 0 Å². The van der Waals surface area contributed by atoms with Crippen molar-refractivity contribution in [2.24, 2.45) is 0 Å². The SMILES string of the molecule is CCCCCCCCCCCCCCCCCCOS(=O)(=O)OCCCCCCCCCCCCCCCC.[NaH]. The third kappa shape index (κ3) is 36.9. The first-order chi connectivity index (χ1) is 19.1. The second-order valence-corrected chi connectivity index (χ2v) is 13.2. The van der Waals surface area contributed by atoms with E-state index in [2.05, 4.69) is 13.8 Å². The van der Waals surface area contributed by atoms with Gasteiger partial charge in [-0.2, -0.15) is 8.42 Å². The van der Waals surface area contributed by atoms with Crippen LogP contribution in [0.4, 0.5) is 0 Å². The molecule has 0 saturated heterocycles. The van der Waals surface area contributed by atoms with Crippen molar-refractivity contribution in [3.05, 3.63) is 0 Å². The molecule has 0 atom stereocenters. The minimum absolute atomic E-state index is 0. The minimum atomic E-state index is -3.82. The van der Waals surface area contributed by atoms with Crippen molar-refractivity contribution in [1.82, 2.24) is 0 Å². The quantitative estimate of drug-likeness (QED) is 0.0546. The first-order valence-corrected chi connectivity index (χ1v) is 19.0. The monoisotopic (exact) mass is 598 g/mol. The van der Waals surface area contributed by atoms with Crippen LogP contribution in [0, 0.1) is 0 Å². The van der Waals surface area contributed by atoms with Gasteiger partial charge in [0.15, 0.2) is 0 Å². The van der Waals surface area contributed by atoms with Gasteiger partial charge in [-0.05, 0) is 12.8 Å². The Bertz CT molecular complexity index is 556. The van der Waals surface area contributed by atoms with Gasteiger partial charge in [0, 0.05) is 0 Å². The molecule has 0 aromatic rings. The molecule has 238 valence electrons. The van der Waals surface area contributed by atoms with E-state index in [0.717, 1.165) is 25.7 Å². The average Bonchev–Trinajstić information content (AvgIpc) is 2.92. The first kappa shape index (κ1) is 43.0. The fraction of sp³-hybridized carbons (Fsp3) is 1.00. The molecule has 0 fully saturated rings. The molecular formula is C34H71NaO4S. The summed E-state index contributed by atoms with van der Waals surface area (Å²) >= 11 is 0. The topological polar surface area (TPSA) is 52.6 Å². The van der Waals surface area contributed by atoms with Gasteiger partial charge in [0.25, 0.3) is 0 Å². The van der Waals surface area contributed by atoms with E-state index in [-0.39, 0.29) is 42.8 Å². The van der Waals surface area contributed by atoms with Gasteiger partial charge in [-0.1, -0.05) is 194 Å². The molecule has 0 saturated carbocycles. The van der Waals surface area contributed by atoms with Gasteiger partial charge in [0.05, 0.1) is 13.2 Å². The maximum atomic E-state index is 11.9. The maximum absolute atomic E-state index is 11.9. The zero-order chi connectivity index (χ0) is 28.5. The fourth-order valence-electron chi connectivity index (χ4n) is 5.30. The third-order valence-corrected chi connectivity index (χ3v) is 8.86. The molecule has 0 aromatic heterocycles. The van der Waals surface area contributed by atoms with Crippen LogP contribution in [-0.2, 0) is 18.8 Å². The second-order valence-electron chi connectivity index (χ2n) is 12.0. The molecule has 0 N–H and O–H groups in total. The average molecular weight is 599 g/mol. The Labute approximate surface area is 274 Å². The summed E-state index contributed by atoms with van der Waals surface area (Å²) in [5, 5.41) is 0. The van der Waals surface area contributed by atoms with Crippen molar-refractivity contribution < 1.29 is 16.8 Å². The summed E-state index contributed by atoms with van der Waals surface area (Å²) in [6.07, 6.45) is 38.9. The Morgan fingerprint density at radius 1 is 0.325 bits per heavy atom. The predicted octanol–water partition coefficient (Wildman–Crippen LogP) is 11.4. The standard InChI is InChI=1S/C34H70O4S.Na.H/c1-3-5-7-9-11-13-15-17-19-20-22-24-26-28-30-32-34-38-39(35,36)37-33-31-29-27-25-23-21-18-16-14-12-10-8-6-4-2;;/h3-34H2,1-2H3;;. The van der Waals surface area contributed by atoms with Crippen molar-refractivity contribution in [2.45, 2.75) is 206 Å². The van der Waals surface area contributed by atoms with E-state index in [9.17, 15) is 8.42 Å². The van der Waals surface area contributed by atoms with E-state index in [0.29, 0.717) is 0 Å². The molecule has 4 nitrogen and oxygen atoms in total. The van der Waals surface area contributed by atoms with Crippen LogP contribution in [0.15, 0.2) is 0 Å². The summed E-state index contributed by atoms with van der Waals surface area (Å²) in [4.78, 5) is 0. The Morgan fingerprint density at radius 3 is 0.700 bits per heavy atom. The number of unbranched alkanes of at least 4 members (excludes halogenated alkanes) is 28. The molecule has 0 heterocycles. The van der Waals surface area contributed by atoms with Crippen molar-refractivity contribution in [1.29, 1.82) is 0 Å². The van der Waals surface area contributed by atoms with Crippen LogP contribution in [0.5, 0.6) is 0 Å². The molecule has 6 heteroatoms. The van der Waals surface area contributed by atoms with Crippen LogP contribution in [-0.4, -0.2) is 51.2 Å². The van der Waals surface area contributed by atoms with Crippen LogP contribution in [0.3, 0.4) is 0 Å². The molecule has 0 aromatic carbocycles. The van der Waals surface area contributed by atoms with E-state index in [1.165, 1.54) is 167 Å². The predicted molar refractivity (Wildman–Crippen MR) is 178 cm³/mol. The summed E-state index contributed by atoms with van der Waals surface area (Å²) < 4.78 is 33.8. The van der Waals surface area contributed by atoms with Gasteiger partial charge in [-0.25, -0.2) is 8.37 Å². The first-order valence-electron chi connectivity index (χ1n) is 17.7. The molecule has 0 unspecified atom stereocenters. The Morgan fingerprint density at radius 2 is 0.500 bits per heavy atom.